The molecule has 6 nitrogen and oxygen atoms in total. The number of aromatic nitrogens is 5. The lowest BCUT2D eigenvalue weighted by atomic mass is 9.82. The molecule has 3 aromatic heterocycles. The maximum atomic E-state index is 13.2. The van der Waals surface area contributed by atoms with Crippen LogP contribution in [0.4, 0.5) is 0 Å². The molecule has 0 fully saturated rings. The summed E-state index contributed by atoms with van der Waals surface area (Å²) in [6, 6.07) is 7.79. The third-order valence-corrected chi connectivity index (χ3v) is 5.52. The Morgan fingerprint density at radius 1 is 1.10 bits per heavy atom. The number of nitrogens with zero attached hydrogens (tertiary/aromatic N) is 4. The molecule has 0 atom stereocenters. The van der Waals surface area contributed by atoms with E-state index < -0.39 is 0 Å². The molecule has 3 heterocycles. The molecule has 0 aliphatic carbocycles. The van der Waals surface area contributed by atoms with Gasteiger partial charge in [0.15, 0.2) is 11.3 Å². The molecule has 0 amide bonds. The number of hydrogen-bond donors (Lipinski definition) is 1. The molecule has 0 bridgehead atoms. The van der Waals surface area contributed by atoms with Crippen molar-refractivity contribution in [2.24, 2.45) is 7.05 Å². The molecule has 154 valence electrons. The summed E-state index contributed by atoms with van der Waals surface area (Å²) < 4.78 is 1.52. The van der Waals surface area contributed by atoms with Crippen LogP contribution in [-0.2, 0) is 12.5 Å². The number of aryl methyl sites for hydroxylation is 3. The van der Waals surface area contributed by atoms with Crippen molar-refractivity contribution in [3.8, 4) is 22.8 Å². The van der Waals surface area contributed by atoms with Gasteiger partial charge in [0.2, 0.25) is 5.28 Å². The molecule has 0 saturated carbocycles. The van der Waals surface area contributed by atoms with Crippen molar-refractivity contribution in [1.82, 2.24) is 24.7 Å². The second-order valence-corrected chi connectivity index (χ2v) is 9.03. The van der Waals surface area contributed by atoms with Crippen molar-refractivity contribution in [2.75, 3.05) is 0 Å². The molecular weight excluding hydrogens is 398 g/mol. The van der Waals surface area contributed by atoms with Crippen molar-refractivity contribution in [2.45, 2.75) is 40.0 Å². The van der Waals surface area contributed by atoms with E-state index in [1.54, 1.807) is 25.4 Å². The normalized spacial score (nSPS) is 12.0. The highest BCUT2D eigenvalue weighted by Gasteiger charge is 2.20. The van der Waals surface area contributed by atoms with Gasteiger partial charge in [-0.3, -0.25) is 9.78 Å². The van der Waals surface area contributed by atoms with Gasteiger partial charge in [-0.25, -0.2) is 4.68 Å². The van der Waals surface area contributed by atoms with Gasteiger partial charge in [-0.05, 0) is 59.7 Å². The van der Waals surface area contributed by atoms with Crippen LogP contribution in [0.3, 0.4) is 0 Å². The monoisotopic (exact) mass is 421 g/mol. The summed E-state index contributed by atoms with van der Waals surface area (Å²) in [5, 5.41) is 4.64. The lowest BCUT2D eigenvalue weighted by Gasteiger charge is -2.23. The van der Waals surface area contributed by atoms with Crippen molar-refractivity contribution in [3.05, 3.63) is 62.7 Å². The van der Waals surface area contributed by atoms with E-state index >= 15 is 0 Å². The van der Waals surface area contributed by atoms with E-state index in [9.17, 15) is 4.79 Å². The Kier molecular flexibility index (Phi) is 4.77. The first-order valence-corrected chi connectivity index (χ1v) is 10.1. The average Bonchev–Trinajstić information content (AvgIpc) is 2.99. The van der Waals surface area contributed by atoms with E-state index in [-0.39, 0.29) is 16.1 Å². The average molecular weight is 422 g/mol. The first kappa shape index (κ1) is 20.3. The van der Waals surface area contributed by atoms with Crippen molar-refractivity contribution >= 4 is 22.5 Å². The lowest BCUT2D eigenvalue weighted by molar-refractivity contribution is 0.585. The Labute approximate surface area is 180 Å². The van der Waals surface area contributed by atoms with Gasteiger partial charge in [0.25, 0.3) is 0 Å². The number of fused-ring (bicyclic) bond motifs is 1. The van der Waals surface area contributed by atoms with Gasteiger partial charge in [0, 0.05) is 30.6 Å². The number of aromatic amines is 1. The van der Waals surface area contributed by atoms with E-state index in [1.165, 1.54) is 15.8 Å². The molecule has 0 radical (unpaired) electrons. The predicted molar refractivity (Wildman–Crippen MR) is 121 cm³/mol. The summed E-state index contributed by atoms with van der Waals surface area (Å²) >= 11 is 5.93. The Balaban J connectivity index is 1.93. The van der Waals surface area contributed by atoms with E-state index in [1.807, 2.05) is 0 Å². The number of benzene rings is 1. The molecule has 0 aliphatic heterocycles. The largest absolute Gasteiger partial charge is 0.354 e. The number of nitrogens with one attached hydrogen (secondary N) is 1. The highest BCUT2D eigenvalue weighted by Crippen LogP contribution is 2.32. The highest BCUT2D eigenvalue weighted by atomic mass is 35.5. The summed E-state index contributed by atoms with van der Waals surface area (Å²) in [5.41, 5.74) is 6.50. The van der Waals surface area contributed by atoms with Gasteiger partial charge in [-0.15, -0.1) is 5.10 Å². The topological polar surface area (TPSA) is 76.5 Å². The Bertz CT molecular complexity index is 1340. The third-order valence-electron chi connectivity index (χ3n) is 5.36. The minimum atomic E-state index is -0.127. The van der Waals surface area contributed by atoms with Crippen LogP contribution < -0.4 is 5.43 Å². The lowest BCUT2D eigenvalue weighted by Crippen LogP contribution is -2.14. The molecule has 0 aliphatic rings. The van der Waals surface area contributed by atoms with Gasteiger partial charge >= 0.3 is 0 Å². The molecule has 7 heteroatoms. The van der Waals surface area contributed by atoms with Crippen LogP contribution in [0.1, 0.15) is 37.5 Å². The van der Waals surface area contributed by atoms with Crippen molar-refractivity contribution < 1.29 is 0 Å². The maximum Gasteiger partial charge on any atom is 0.242 e. The quantitative estimate of drug-likeness (QED) is 0.496. The number of H-pyrrole nitrogens is 1. The number of rotatable bonds is 2. The molecule has 0 saturated heterocycles. The SMILES string of the molecule is Cc1cc(C(C)(C)C)c(C)cc1-c1cc(=O)c2c(-c3nc(Cl)nn3C)nccc2[nH]1. The fraction of sp³-hybridized carbons (Fsp3) is 0.304. The van der Waals surface area contributed by atoms with Gasteiger partial charge in [0.05, 0.1) is 10.9 Å². The number of hydrogen-bond acceptors (Lipinski definition) is 4. The summed E-state index contributed by atoms with van der Waals surface area (Å²) in [6.07, 6.45) is 1.65. The minimum absolute atomic E-state index is 0.0577. The third kappa shape index (κ3) is 3.41. The van der Waals surface area contributed by atoms with Gasteiger partial charge in [-0.1, -0.05) is 26.8 Å². The summed E-state index contributed by atoms with van der Waals surface area (Å²) in [7, 11) is 1.72. The second kappa shape index (κ2) is 7.06. The fourth-order valence-electron chi connectivity index (χ4n) is 3.99. The molecular formula is C23H24ClN5O. The van der Waals surface area contributed by atoms with Crippen molar-refractivity contribution in [3.63, 3.8) is 0 Å². The molecule has 1 N–H and O–H groups in total. The Morgan fingerprint density at radius 3 is 2.47 bits per heavy atom. The summed E-state index contributed by atoms with van der Waals surface area (Å²) in [5.74, 6) is 0.449. The minimum Gasteiger partial charge on any atom is -0.354 e. The standard InChI is InChI=1S/C23H24ClN5O/c1-12-10-15(23(3,4)5)13(2)9-14(12)17-11-18(30)19-16(26-17)7-8-25-20(19)21-27-22(24)28-29(21)6/h7-11H,1-6H3,(H,26,30). The summed E-state index contributed by atoms with van der Waals surface area (Å²) in [6.45, 7) is 10.8. The molecule has 0 unspecified atom stereocenters. The first-order chi connectivity index (χ1) is 14.1. The van der Waals surface area contributed by atoms with Gasteiger partial charge in [-0.2, -0.15) is 4.98 Å². The molecule has 30 heavy (non-hydrogen) atoms. The van der Waals surface area contributed by atoms with Crippen LogP contribution >= 0.6 is 11.6 Å². The number of halogens is 1. The predicted octanol–water partition coefficient (Wildman–Crippen LogP) is 4.95. The molecule has 4 rings (SSSR count). The van der Waals surface area contributed by atoms with Crippen LogP contribution in [0.5, 0.6) is 0 Å². The zero-order valence-corrected chi connectivity index (χ0v) is 18.7. The van der Waals surface area contributed by atoms with Crippen LogP contribution in [0.25, 0.3) is 33.7 Å². The van der Waals surface area contributed by atoms with E-state index in [0.717, 1.165) is 16.8 Å². The first-order valence-electron chi connectivity index (χ1n) is 9.77. The van der Waals surface area contributed by atoms with E-state index in [2.05, 4.69) is 66.8 Å². The summed E-state index contributed by atoms with van der Waals surface area (Å²) in [4.78, 5) is 25.2. The van der Waals surface area contributed by atoms with Crippen LogP contribution in [0.2, 0.25) is 5.28 Å². The van der Waals surface area contributed by atoms with Crippen LogP contribution in [0, 0.1) is 13.8 Å². The molecule has 0 spiro atoms. The zero-order valence-electron chi connectivity index (χ0n) is 18.0. The fourth-order valence-corrected chi connectivity index (χ4v) is 4.18. The van der Waals surface area contributed by atoms with Crippen molar-refractivity contribution in [1.29, 1.82) is 0 Å². The Hall–Kier alpha value is -2.99. The maximum absolute atomic E-state index is 13.2. The zero-order chi connectivity index (χ0) is 21.8. The van der Waals surface area contributed by atoms with E-state index in [4.69, 9.17) is 11.6 Å². The van der Waals surface area contributed by atoms with Crippen LogP contribution in [-0.4, -0.2) is 24.7 Å². The van der Waals surface area contributed by atoms with E-state index in [0.29, 0.717) is 22.4 Å². The molecule has 1 aromatic carbocycles. The van der Waals surface area contributed by atoms with Gasteiger partial charge in [0.1, 0.15) is 5.69 Å². The van der Waals surface area contributed by atoms with Crippen LogP contribution in [0.15, 0.2) is 35.3 Å². The highest BCUT2D eigenvalue weighted by molar-refractivity contribution is 6.28. The molecule has 4 aromatic rings. The smallest absolute Gasteiger partial charge is 0.242 e. The van der Waals surface area contributed by atoms with Gasteiger partial charge < -0.3 is 4.98 Å². The number of pyridine rings is 2. The Morgan fingerprint density at radius 2 is 1.83 bits per heavy atom. The second-order valence-electron chi connectivity index (χ2n) is 8.69.